The van der Waals surface area contributed by atoms with Gasteiger partial charge in [0.15, 0.2) is 18.1 Å². The van der Waals surface area contributed by atoms with Crippen LogP contribution in [0.25, 0.3) is 0 Å². The Kier molecular flexibility index (Phi) is 8.15. The van der Waals surface area contributed by atoms with Gasteiger partial charge in [0, 0.05) is 5.02 Å². The van der Waals surface area contributed by atoms with Crippen LogP contribution in [-0.2, 0) is 11.4 Å². The van der Waals surface area contributed by atoms with Crippen LogP contribution in [0.2, 0.25) is 10.0 Å². The molecular weight excluding hydrogens is 439 g/mol. The van der Waals surface area contributed by atoms with E-state index in [9.17, 15) is 4.79 Å². The van der Waals surface area contributed by atoms with Crippen LogP contribution in [0.3, 0.4) is 0 Å². The van der Waals surface area contributed by atoms with Crippen molar-refractivity contribution in [2.24, 2.45) is 5.10 Å². The van der Waals surface area contributed by atoms with Crippen LogP contribution in [0, 0.1) is 0 Å². The summed E-state index contributed by atoms with van der Waals surface area (Å²) in [6.07, 6.45) is 1.50. The molecule has 31 heavy (non-hydrogen) atoms. The van der Waals surface area contributed by atoms with Crippen molar-refractivity contribution in [2.45, 2.75) is 6.61 Å². The van der Waals surface area contributed by atoms with E-state index in [1.165, 1.54) is 6.21 Å². The summed E-state index contributed by atoms with van der Waals surface area (Å²) in [6, 6.07) is 19.7. The molecule has 0 saturated carbocycles. The number of ether oxygens (including phenoxy) is 3. The van der Waals surface area contributed by atoms with E-state index in [0.29, 0.717) is 33.9 Å². The molecule has 0 saturated heterocycles. The standard InChI is InChI=1S/C23H20Cl2N2O4/c1-29-22-12-17(8-11-21(22)30-14-16-6-9-18(24)10-7-16)13-26-27-23(28)15-31-20-5-3-2-4-19(20)25/h2-13H,14-15H2,1H3,(H,27,28). The van der Waals surface area contributed by atoms with Crippen LogP contribution in [0.5, 0.6) is 17.2 Å². The summed E-state index contributed by atoms with van der Waals surface area (Å²) in [4.78, 5) is 11.9. The molecule has 1 N–H and O–H groups in total. The quantitative estimate of drug-likeness (QED) is 0.357. The van der Waals surface area contributed by atoms with Gasteiger partial charge in [0.05, 0.1) is 18.3 Å². The molecular formula is C23H20Cl2N2O4. The van der Waals surface area contributed by atoms with Gasteiger partial charge in [-0.05, 0) is 53.6 Å². The number of amides is 1. The number of carbonyl (C=O) groups is 1. The number of nitrogens with zero attached hydrogens (tertiary/aromatic N) is 1. The number of rotatable bonds is 9. The third-order valence-corrected chi connectivity index (χ3v) is 4.66. The summed E-state index contributed by atoms with van der Waals surface area (Å²) in [6.45, 7) is 0.171. The van der Waals surface area contributed by atoms with Gasteiger partial charge < -0.3 is 14.2 Å². The molecule has 3 aromatic carbocycles. The summed E-state index contributed by atoms with van der Waals surface area (Å²) < 4.78 is 16.6. The highest BCUT2D eigenvalue weighted by atomic mass is 35.5. The molecule has 0 aliphatic rings. The number of hydrogen-bond acceptors (Lipinski definition) is 5. The third-order valence-electron chi connectivity index (χ3n) is 4.09. The Balaban J connectivity index is 1.52. The molecule has 0 radical (unpaired) electrons. The maximum absolute atomic E-state index is 11.9. The number of hydrazone groups is 1. The van der Waals surface area contributed by atoms with Crippen molar-refractivity contribution in [3.05, 3.63) is 87.9 Å². The lowest BCUT2D eigenvalue weighted by atomic mass is 10.2. The fraction of sp³-hybridized carbons (Fsp3) is 0.130. The number of halogens is 2. The molecule has 3 rings (SSSR count). The average molecular weight is 459 g/mol. The molecule has 0 aromatic heterocycles. The number of hydrogen-bond donors (Lipinski definition) is 1. The van der Waals surface area contributed by atoms with E-state index in [1.807, 2.05) is 24.3 Å². The number of nitrogens with one attached hydrogen (secondary N) is 1. The van der Waals surface area contributed by atoms with Crippen LogP contribution >= 0.6 is 23.2 Å². The first-order valence-corrected chi connectivity index (χ1v) is 10.1. The highest BCUT2D eigenvalue weighted by molar-refractivity contribution is 6.32. The first kappa shape index (κ1) is 22.5. The Morgan fingerprint density at radius 2 is 1.74 bits per heavy atom. The summed E-state index contributed by atoms with van der Waals surface area (Å²) in [5.74, 6) is 1.16. The number of methoxy groups -OCH3 is 1. The van der Waals surface area contributed by atoms with Crippen molar-refractivity contribution >= 4 is 35.3 Å². The topological polar surface area (TPSA) is 69.2 Å². The third kappa shape index (κ3) is 6.91. The lowest BCUT2D eigenvalue weighted by Crippen LogP contribution is -2.24. The van der Waals surface area contributed by atoms with E-state index in [-0.39, 0.29) is 6.61 Å². The molecule has 0 fully saturated rings. The van der Waals surface area contributed by atoms with Crippen molar-refractivity contribution < 1.29 is 19.0 Å². The van der Waals surface area contributed by atoms with Crippen molar-refractivity contribution in [2.75, 3.05) is 13.7 Å². The van der Waals surface area contributed by atoms with Gasteiger partial charge in [-0.1, -0.05) is 47.5 Å². The average Bonchev–Trinajstić information content (AvgIpc) is 2.78. The summed E-state index contributed by atoms with van der Waals surface area (Å²) in [7, 11) is 1.55. The maximum atomic E-state index is 11.9. The molecule has 1 amide bonds. The predicted molar refractivity (Wildman–Crippen MR) is 121 cm³/mol. The van der Waals surface area contributed by atoms with E-state index >= 15 is 0 Å². The Morgan fingerprint density at radius 3 is 2.48 bits per heavy atom. The Bertz CT molecular complexity index is 1060. The van der Waals surface area contributed by atoms with E-state index in [2.05, 4.69) is 10.5 Å². The van der Waals surface area contributed by atoms with Crippen LogP contribution in [0.4, 0.5) is 0 Å². The summed E-state index contributed by atoms with van der Waals surface area (Å²) in [5.41, 5.74) is 4.11. The largest absolute Gasteiger partial charge is 0.493 e. The number of carbonyl (C=O) groups excluding carboxylic acids is 1. The molecule has 160 valence electrons. The van der Waals surface area contributed by atoms with Crippen LogP contribution < -0.4 is 19.6 Å². The fourth-order valence-electron chi connectivity index (χ4n) is 2.54. The minimum atomic E-state index is -0.411. The minimum Gasteiger partial charge on any atom is -0.493 e. The zero-order valence-corrected chi connectivity index (χ0v) is 18.2. The highest BCUT2D eigenvalue weighted by Gasteiger charge is 2.07. The Morgan fingerprint density at radius 1 is 0.968 bits per heavy atom. The lowest BCUT2D eigenvalue weighted by Gasteiger charge is -2.11. The number of para-hydroxylation sites is 1. The summed E-state index contributed by atoms with van der Waals surface area (Å²) >= 11 is 11.9. The molecule has 8 heteroatoms. The lowest BCUT2D eigenvalue weighted by molar-refractivity contribution is -0.123. The Labute approximate surface area is 190 Å². The van der Waals surface area contributed by atoms with Crippen LogP contribution in [-0.4, -0.2) is 25.8 Å². The van der Waals surface area contributed by atoms with Crippen molar-refractivity contribution in [1.82, 2.24) is 5.43 Å². The normalized spacial score (nSPS) is 10.7. The molecule has 0 heterocycles. The Hall–Kier alpha value is -3.22. The highest BCUT2D eigenvalue weighted by Crippen LogP contribution is 2.28. The van der Waals surface area contributed by atoms with Gasteiger partial charge in [0.2, 0.25) is 0 Å². The van der Waals surface area contributed by atoms with E-state index < -0.39 is 5.91 Å². The zero-order chi connectivity index (χ0) is 22.1. The van der Waals surface area contributed by atoms with Crippen molar-refractivity contribution in [1.29, 1.82) is 0 Å². The SMILES string of the molecule is COc1cc(C=NNC(=O)COc2ccccc2Cl)ccc1OCc1ccc(Cl)cc1. The van der Waals surface area contributed by atoms with Gasteiger partial charge in [0.1, 0.15) is 12.4 Å². The van der Waals surface area contributed by atoms with E-state index in [1.54, 1.807) is 49.6 Å². The predicted octanol–water partition coefficient (Wildman–Crippen LogP) is 5.11. The smallest absolute Gasteiger partial charge is 0.277 e. The van der Waals surface area contributed by atoms with E-state index in [0.717, 1.165) is 11.1 Å². The zero-order valence-electron chi connectivity index (χ0n) is 16.7. The monoisotopic (exact) mass is 458 g/mol. The number of benzene rings is 3. The van der Waals surface area contributed by atoms with Crippen molar-refractivity contribution in [3.63, 3.8) is 0 Å². The van der Waals surface area contributed by atoms with Gasteiger partial charge in [-0.25, -0.2) is 5.43 Å². The molecule has 6 nitrogen and oxygen atoms in total. The second-order valence-electron chi connectivity index (χ2n) is 6.34. The van der Waals surface area contributed by atoms with Gasteiger partial charge in [-0.15, -0.1) is 0 Å². The first-order chi connectivity index (χ1) is 15.0. The molecule has 0 atom stereocenters. The first-order valence-electron chi connectivity index (χ1n) is 9.29. The molecule has 0 bridgehead atoms. The minimum absolute atomic E-state index is 0.206. The van der Waals surface area contributed by atoms with Gasteiger partial charge in [0.25, 0.3) is 5.91 Å². The molecule has 3 aromatic rings. The van der Waals surface area contributed by atoms with Gasteiger partial charge >= 0.3 is 0 Å². The molecule has 0 aliphatic carbocycles. The van der Waals surface area contributed by atoms with Crippen molar-refractivity contribution in [3.8, 4) is 17.2 Å². The second-order valence-corrected chi connectivity index (χ2v) is 7.18. The maximum Gasteiger partial charge on any atom is 0.277 e. The summed E-state index contributed by atoms with van der Waals surface area (Å²) in [5, 5.41) is 5.04. The van der Waals surface area contributed by atoms with Gasteiger partial charge in [-0.3, -0.25) is 4.79 Å². The fourth-order valence-corrected chi connectivity index (χ4v) is 2.86. The second kappa shape index (κ2) is 11.2. The van der Waals surface area contributed by atoms with Crippen LogP contribution in [0.1, 0.15) is 11.1 Å². The van der Waals surface area contributed by atoms with Crippen LogP contribution in [0.15, 0.2) is 71.8 Å². The molecule has 0 aliphatic heterocycles. The molecule has 0 unspecified atom stereocenters. The van der Waals surface area contributed by atoms with Gasteiger partial charge in [-0.2, -0.15) is 5.10 Å². The van der Waals surface area contributed by atoms with E-state index in [4.69, 9.17) is 37.4 Å². The molecule has 0 spiro atoms.